The second-order valence-corrected chi connectivity index (χ2v) is 5.76. The molecule has 94 valence electrons. The Kier molecular flexibility index (Phi) is 1.90. The van der Waals surface area contributed by atoms with Gasteiger partial charge in [0, 0.05) is 35.8 Å². The number of benzene rings is 1. The number of hydrogen-bond acceptors (Lipinski definition) is 3. The topological polar surface area (TPSA) is 15.3 Å². The van der Waals surface area contributed by atoms with Crippen molar-refractivity contribution >= 4 is 12.6 Å². The van der Waals surface area contributed by atoms with E-state index in [9.17, 15) is 8.78 Å². The number of nitrogens with one attached hydrogen (secondary N) is 1. The van der Waals surface area contributed by atoms with E-state index in [1.54, 1.807) is 6.07 Å². The number of allylic oxidation sites excluding steroid dienone is 1. The van der Waals surface area contributed by atoms with Gasteiger partial charge in [-0.15, -0.1) is 12.6 Å². The number of rotatable bonds is 1. The van der Waals surface area contributed by atoms with Gasteiger partial charge in [-0.05, 0) is 18.1 Å². The molecule has 1 aromatic rings. The van der Waals surface area contributed by atoms with Crippen LogP contribution < -0.4 is 5.32 Å². The first-order valence-electron chi connectivity index (χ1n) is 5.98. The highest BCUT2D eigenvalue weighted by atomic mass is 32.1. The Balaban J connectivity index is 1.75. The summed E-state index contributed by atoms with van der Waals surface area (Å²) >= 11 is 4.43. The van der Waals surface area contributed by atoms with Crippen LogP contribution in [0.15, 0.2) is 30.1 Å². The molecule has 3 atom stereocenters. The van der Waals surface area contributed by atoms with Gasteiger partial charge in [0.25, 0.3) is 0 Å². The molecule has 2 nitrogen and oxygen atoms in total. The predicted octanol–water partition coefficient (Wildman–Crippen LogP) is 2.20. The first kappa shape index (κ1) is 10.7. The molecular formula is C13H12F2N2S. The highest BCUT2D eigenvalue weighted by molar-refractivity contribution is 7.80. The second kappa shape index (κ2) is 3.20. The molecule has 5 heteroatoms. The van der Waals surface area contributed by atoms with Crippen LogP contribution in [0.2, 0.25) is 0 Å². The van der Waals surface area contributed by atoms with E-state index in [2.05, 4.69) is 22.8 Å². The average Bonchev–Trinajstić information content (AvgIpc) is 2.78. The van der Waals surface area contributed by atoms with Crippen molar-refractivity contribution in [3.8, 4) is 0 Å². The van der Waals surface area contributed by atoms with Crippen LogP contribution in [0.25, 0.3) is 0 Å². The maximum atomic E-state index is 13.9. The maximum Gasteiger partial charge on any atom is 0.144 e. The smallest absolute Gasteiger partial charge is 0.144 e. The Morgan fingerprint density at radius 3 is 2.94 bits per heavy atom. The van der Waals surface area contributed by atoms with Crippen LogP contribution in [0.1, 0.15) is 12.0 Å². The molecule has 2 heterocycles. The van der Waals surface area contributed by atoms with E-state index in [-0.39, 0.29) is 10.9 Å². The third-order valence-electron chi connectivity index (χ3n) is 4.36. The second-order valence-electron chi connectivity index (χ2n) is 5.27. The van der Waals surface area contributed by atoms with Crippen LogP contribution in [0.4, 0.5) is 8.78 Å². The van der Waals surface area contributed by atoms with E-state index < -0.39 is 11.6 Å². The number of thiol groups is 1. The van der Waals surface area contributed by atoms with Gasteiger partial charge in [0.2, 0.25) is 0 Å². The third-order valence-corrected chi connectivity index (χ3v) is 4.79. The summed E-state index contributed by atoms with van der Waals surface area (Å²) in [5.41, 5.74) is 1.67. The Labute approximate surface area is 109 Å². The first-order chi connectivity index (χ1) is 8.62. The van der Waals surface area contributed by atoms with Crippen molar-refractivity contribution in [1.82, 2.24) is 10.2 Å². The van der Waals surface area contributed by atoms with Gasteiger partial charge in [0.15, 0.2) is 0 Å². The zero-order valence-electron chi connectivity index (χ0n) is 9.53. The number of hydrogen-bond donors (Lipinski definition) is 2. The summed E-state index contributed by atoms with van der Waals surface area (Å²) in [5, 5.41) is 3.15. The molecule has 4 rings (SSSR count). The summed E-state index contributed by atoms with van der Waals surface area (Å²) in [6.45, 7) is 0.757. The summed E-state index contributed by atoms with van der Waals surface area (Å²) in [6.07, 6.45) is 2.92. The molecule has 1 aliphatic carbocycles. The number of piperidine rings is 1. The van der Waals surface area contributed by atoms with Crippen molar-refractivity contribution in [2.75, 3.05) is 6.54 Å². The molecular weight excluding hydrogens is 254 g/mol. The highest BCUT2D eigenvalue weighted by Crippen LogP contribution is 2.65. The van der Waals surface area contributed by atoms with Crippen molar-refractivity contribution in [1.29, 1.82) is 0 Å². The quantitative estimate of drug-likeness (QED) is 0.758. The van der Waals surface area contributed by atoms with Gasteiger partial charge < -0.3 is 10.2 Å². The molecule has 0 aromatic heterocycles. The molecule has 18 heavy (non-hydrogen) atoms. The minimum atomic E-state index is -0.517. The van der Waals surface area contributed by atoms with Crippen LogP contribution in [0, 0.1) is 17.6 Å². The minimum absolute atomic E-state index is 0.0202. The van der Waals surface area contributed by atoms with Crippen LogP contribution in [-0.4, -0.2) is 16.9 Å². The van der Waals surface area contributed by atoms with E-state index in [0.717, 1.165) is 19.0 Å². The van der Waals surface area contributed by atoms with E-state index in [0.29, 0.717) is 11.5 Å². The van der Waals surface area contributed by atoms with E-state index in [1.807, 2.05) is 6.20 Å². The van der Waals surface area contributed by atoms with Crippen LogP contribution in [-0.2, 0) is 5.41 Å². The normalized spacial score (nSPS) is 35.9. The molecule has 1 saturated carbocycles. The Bertz CT molecular complexity index is 574. The molecule has 1 unspecified atom stereocenters. The predicted molar refractivity (Wildman–Crippen MR) is 66.8 cm³/mol. The van der Waals surface area contributed by atoms with Crippen molar-refractivity contribution in [3.63, 3.8) is 0 Å². The molecule has 3 aliphatic rings. The minimum Gasteiger partial charge on any atom is -0.361 e. The Hall–Kier alpha value is -1.23. The van der Waals surface area contributed by atoms with E-state index >= 15 is 0 Å². The van der Waals surface area contributed by atoms with Gasteiger partial charge in [-0.2, -0.15) is 0 Å². The van der Waals surface area contributed by atoms with Gasteiger partial charge in [0.05, 0.1) is 0 Å². The van der Waals surface area contributed by atoms with Crippen molar-refractivity contribution in [3.05, 3.63) is 47.3 Å². The van der Waals surface area contributed by atoms with E-state index in [1.165, 1.54) is 11.8 Å². The standard InChI is InChI=1S/C13H12F2N2S/c14-7-1-2-8(10(15)3-7)13-4-9(13)11-5-16-12(18)17(11)6-13/h1-3,5,9,12,16,18H,4,6H2/t9-,12?,13+/m0/s1. The largest absolute Gasteiger partial charge is 0.361 e. The van der Waals surface area contributed by atoms with Crippen molar-refractivity contribution in [2.45, 2.75) is 17.3 Å². The molecule has 0 spiro atoms. The zero-order valence-corrected chi connectivity index (χ0v) is 10.4. The number of nitrogens with zero attached hydrogens (tertiary/aromatic N) is 1. The summed E-state index contributed by atoms with van der Waals surface area (Å²) < 4.78 is 26.9. The van der Waals surface area contributed by atoms with Gasteiger partial charge in [0.1, 0.15) is 17.1 Å². The Morgan fingerprint density at radius 1 is 1.39 bits per heavy atom. The number of halogens is 2. The SMILES string of the molecule is Fc1ccc([C@]23C[C@H]2C2=CNC(S)N2C3)c(F)c1. The summed E-state index contributed by atoms with van der Waals surface area (Å²) in [7, 11) is 0. The summed E-state index contributed by atoms with van der Waals surface area (Å²) in [5.74, 6) is -0.596. The molecule has 0 bridgehead atoms. The lowest BCUT2D eigenvalue weighted by Gasteiger charge is -2.24. The monoisotopic (exact) mass is 266 g/mol. The first-order valence-corrected chi connectivity index (χ1v) is 6.50. The molecule has 0 radical (unpaired) electrons. The molecule has 2 aliphatic heterocycles. The molecule has 0 amide bonds. The fourth-order valence-corrected chi connectivity index (χ4v) is 3.69. The van der Waals surface area contributed by atoms with Crippen molar-refractivity contribution < 1.29 is 8.78 Å². The lowest BCUT2D eigenvalue weighted by molar-refractivity contribution is 0.338. The van der Waals surface area contributed by atoms with E-state index in [4.69, 9.17) is 0 Å². The zero-order chi connectivity index (χ0) is 12.5. The van der Waals surface area contributed by atoms with Crippen LogP contribution in [0.5, 0.6) is 0 Å². The highest BCUT2D eigenvalue weighted by Gasteiger charge is 2.65. The molecule has 1 aromatic carbocycles. The van der Waals surface area contributed by atoms with Gasteiger partial charge in [-0.25, -0.2) is 8.78 Å². The lowest BCUT2D eigenvalue weighted by atomic mass is 9.94. The molecule has 1 N–H and O–H groups in total. The summed E-state index contributed by atoms with van der Waals surface area (Å²) in [4.78, 5) is 2.15. The fourth-order valence-electron chi connectivity index (χ4n) is 3.40. The molecule has 1 saturated heterocycles. The third kappa shape index (κ3) is 1.18. The fraction of sp³-hybridized carbons (Fsp3) is 0.385. The van der Waals surface area contributed by atoms with Crippen LogP contribution >= 0.6 is 12.6 Å². The maximum absolute atomic E-state index is 13.9. The average molecular weight is 266 g/mol. The van der Waals surface area contributed by atoms with Crippen molar-refractivity contribution in [2.24, 2.45) is 5.92 Å². The Morgan fingerprint density at radius 2 is 2.22 bits per heavy atom. The van der Waals surface area contributed by atoms with Gasteiger partial charge in [-0.1, -0.05) is 6.07 Å². The van der Waals surface area contributed by atoms with Crippen LogP contribution in [0.3, 0.4) is 0 Å². The lowest BCUT2D eigenvalue weighted by Crippen LogP contribution is -2.34. The number of fused-ring (bicyclic) bond motifs is 3. The molecule has 2 fully saturated rings. The van der Waals surface area contributed by atoms with Gasteiger partial charge >= 0.3 is 0 Å². The van der Waals surface area contributed by atoms with Gasteiger partial charge in [-0.3, -0.25) is 0 Å². The summed E-state index contributed by atoms with van der Waals surface area (Å²) in [6, 6.07) is 3.92.